The SMILES string of the molecule is O=C1CC(=O)C(=CO)C=C1O. The summed E-state index contributed by atoms with van der Waals surface area (Å²) in [6.07, 6.45) is 1.16. The van der Waals surface area contributed by atoms with E-state index in [4.69, 9.17) is 10.2 Å². The number of ketones is 2. The predicted octanol–water partition coefficient (Wildman–Crippen LogP) is 0.412. The molecule has 4 nitrogen and oxygen atoms in total. The Labute approximate surface area is 62.5 Å². The number of carbonyl (C=O) groups is 2. The normalized spacial score (nSPS) is 22.2. The minimum absolute atomic E-state index is 0.0397. The van der Waals surface area contributed by atoms with Gasteiger partial charge in [-0.25, -0.2) is 0 Å². The lowest BCUT2D eigenvalue weighted by Gasteiger charge is -2.06. The standard InChI is InChI=1S/C7H6O4/c8-3-4-1-6(10)7(11)2-5(4)9/h1,3,8,10H,2H2. The van der Waals surface area contributed by atoms with Crippen LogP contribution >= 0.6 is 0 Å². The van der Waals surface area contributed by atoms with E-state index < -0.39 is 17.3 Å². The van der Waals surface area contributed by atoms with Crippen LogP contribution in [-0.2, 0) is 9.59 Å². The maximum atomic E-state index is 10.8. The van der Waals surface area contributed by atoms with Crippen LogP contribution in [0.15, 0.2) is 23.7 Å². The number of rotatable bonds is 0. The van der Waals surface area contributed by atoms with Crippen molar-refractivity contribution in [2.45, 2.75) is 6.42 Å². The van der Waals surface area contributed by atoms with E-state index in [2.05, 4.69) is 0 Å². The molecule has 1 aliphatic rings. The quantitative estimate of drug-likeness (QED) is 0.301. The van der Waals surface area contributed by atoms with Crippen LogP contribution in [0.5, 0.6) is 0 Å². The third kappa shape index (κ3) is 1.29. The van der Waals surface area contributed by atoms with Gasteiger partial charge < -0.3 is 10.2 Å². The Morgan fingerprint density at radius 2 is 2.00 bits per heavy atom. The topological polar surface area (TPSA) is 74.6 Å². The van der Waals surface area contributed by atoms with Crippen molar-refractivity contribution in [3.8, 4) is 0 Å². The average Bonchev–Trinajstić information content (AvgIpc) is 1.97. The second-order valence-electron chi connectivity index (χ2n) is 2.14. The first-order valence-corrected chi connectivity index (χ1v) is 2.96. The highest BCUT2D eigenvalue weighted by Crippen LogP contribution is 2.13. The van der Waals surface area contributed by atoms with E-state index in [0.29, 0.717) is 6.26 Å². The Morgan fingerprint density at radius 1 is 1.36 bits per heavy atom. The molecule has 0 spiro atoms. The average molecular weight is 154 g/mol. The van der Waals surface area contributed by atoms with Gasteiger partial charge >= 0.3 is 0 Å². The van der Waals surface area contributed by atoms with Gasteiger partial charge in [0.25, 0.3) is 0 Å². The van der Waals surface area contributed by atoms with E-state index in [0.717, 1.165) is 6.08 Å². The van der Waals surface area contributed by atoms with Gasteiger partial charge in [0.15, 0.2) is 11.5 Å². The molecule has 2 N–H and O–H groups in total. The van der Waals surface area contributed by atoms with Crippen molar-refractivity contribution in [3.05, 3.63) is 23.7 Å². The molecule has 0 amide bonds. The molecule has 4 heteroatoms. The first kappa shape index (κ1) is 7.53. The van der Waals surface area contributed by atoms with E-state index in [9.17, 15) is 9.59 Å². The Hall–Kier alpha value is -1.58. The zero-order valence-corrected chi connectivity index (χ0v) is 5.57. The Bertz CT molecular complexity index is 272. The number of allylic oxidation sites excluding steroid dienone is 3. The largest absolute Gasteiger partial charge is 0.515 e. The van der Waals surface area contributed by atoms with Gasteiger partial charge in [-0.15, -0.1) is 0 Å². The van der Waals surface area contributed by atoms with Crippen LogP contribution in [0, 0.1) is 0 Å². The molecular formula is C7H6O4. The van der Waals surface area contributed by atoms with Crippen molar-refractivity contribution >= 4 is 11.6 Å². The van der Waals surface area contributed by atoms with Crippen LogP contribution in [0.4, 0.5) is 0 Å². The molecule has 58 valence electrons. The summed E-state index contributed by atoms with van der Waals surface area (Å²) < 4.78 is 0. The van der Waals surface area contributed by atoms with Gasteiger partial charge in [-0.1, -0.05) is 0 Å². The van der Waals surface area contributed by atoms with Crippen LogP contribution in [-0.4, -0.2) is 21.8 Å². The fraction of sp³-hybridized carbons (Fsp3) is 0.143. The fourth-order valence-electron chi connectivity index (χ4n) is 0.756. The molecule has 0 saturated carbocycles. The molecule has 0 radical (unpaired) electrons. The van der Waals surface area contributed by atoms with Crippen LogP contribution < -0.4 is 0 Å². The molecular weight excluding hydrogens is 148 g/mol. The van der Waals surface area contributed by atoms with E-state index in [1.165, 1.54) is 0 Å². The van der Waals surface area contributed by atoms with Gasteiger partial charge in [0.2, 0.25) is 5.78 Å². The molecule has 0 unspecified atom stereocenters. The van der Waals surface area contributed by atoms with Gasteiger partial charge in [-0.05, 0) is 6.08 Å². The number of carbonyl (C=O) groups excluding carboxylic acids is 2. The Balaban J connectivity index is 3.05. The smallest absolute Gasteiger partial charge is 0.204 e. The molecule has 0 heterocycles. The highest BCUT2D eigenvalue weighted by atomic mass is 16.3. The van der Waals surface area contributed by atoms with Gasteiger partial charge in [-0.3, -0.25) is 9.59 Å². The van der Waals surface area contributed by atoms with E-state index in [1.54, 1.807) is 0 Å². The zero-order valence-electron chi connectivity index (χ0n) is 5.57. The Morgan fingerprint density at radius 3 is 2.55 bits per heavy atom. The van der Waals surface area contributed by atoms with Crippen LogP contribution in [0.1, 0.15) is 6.42 Å². The molecule has 0 saturated heterocycles. The third-order valence-electron chi connectivity index (χ3n) is 1.36. The van der Waals surface area contributed by atoms with E-state index >= 15 is 0 Å². The summed E-state index contributed by atoms with van der Waals surface area (Å²) in [5.41, 5.74) is -0.0397. The first-order valence-electron chi connectivity index (χ1n) is 2.96. The number of Topliss-reactive ketones (excluding diaryl/α,β-unsaturated/α-hetero) is 2. The summed E-state index contributed by atoms with van der Waals surface area (Å²) in [4.78, 5) is 21.4. The van der Waals surface area contributed by atoms with Crippen LogP contribution in [0.2, 0.25) is 0 Å². The molecule has 1 aliphatic carbocycles. The van der Waals surface area contributed by atoms with Gasteiger partial charge in [0.05, 0.1) is 18.3 Å². The van der Waals surface area contributed by atoms with Crippen molar-refractivity contribution in [1.29, 1.82) is 0 Å². The van der Waals surface area contributed by atoms with Crippen LogP contribution in [0.3, 0.4) is 0 Å². The van der Waals surface area contributed by atoms with Crippen molar-refractivity contribution < 1.29 is 19.8 Å². The van der Waals surface area contributed by atoms with Gasteiger partial charge in [-0.2, -0.15) is 0 Å². The maximum absolute atomic E-state index is 10.8. The molecule has 0 aromatic rings. The summed E-state index contributed by atoms with van der Waals surface area (Å²) >= 11 is 0. The second-order valence-corrected chi connectivity index (χ2v) is 2.14. The number of hydrogen-bond acceptors (Lipinski definition) is 4. The van der Waals surface area contributed by atoms with Crippen molar-refractivity contribution in [1.82, 2.24) is 0 Å². The summed E-state index contributed by atoms with van der Waals surface area (Å²) in [5.74, 6) is -1.57. The summed E-state index contributed by atoms with van der Waals surface area (Å²) in [7, 11) is 0. The second kappa shape index (κ2) is 2.57. The predicted molar refractivity (Wildman–Crippen MR) is 36.1 cm³/mol. The molecule has 0 aromatic carbocycles. The fourth-order valence-corrected chi connectivity index (χ4v) is 0.756. The number of aliphatic hydroxyl groups excluding tert-OH is 2. The zero-order chi connectivity index (χ0) is 8.43. The number of hydrogen-bond donors (Lipinski definition) is 2. The lowest BCUT2D eigenvalue weighted by molar-refractivity contribution is -0.125. The minimum Gasteiger partial charge on any atom is -0.515 e. The lowest BCUT2D eigenvalue weighted by Crippen LogP contribution is -2.17. The summed E-state index contributed by atoms with van der Waals surface area (Å²) in [5, 5.41) is 17.2. The molecule has 11 heavy (non-hydrogen) atoms. The maximum Gasteiger partial charge on any atom is 0.204 e. The number of aliphatic hydroxyl groups is 2. The minimum atomic E-state index is -0.611. The highest BCUT2D eigenvalue weighted by Gasteiger charge is 2.22. The van der Waals surface area contributed by atoms with Gasteiger partial charge in [0, 0.05) is 0 Å². The third-order valence-corrected chi connectivity index (χ3v) is 1.36. The first-order chi connectivity index (χ1) is 5.15. The lowest BCUT2D eigenvalue weighted by atomic mass is 9.99. The van der Waals surface area contributed by atoms with Gasteiger partial charge in [0.1, 0.15) is 0 Å². The summed E-state index contributed by atoms with van der Waals surface area (Å²) in [6.45, 7) is 0. The highest BCUT2D eigenvalue weighted by molar-refractivity contribution is 6.17. The molecule has 0 atom stereocenters. The molecule has 0 aliphatic heterocycles. The molecule has 0 fully saturated rings. The van der Waals surface area contributed by atoms with Crippen molar-refractivity contribution in [3.63, 3.8) is 0 Å². The summed E-state index contributed by atoms with van der Waals surface area (Å²) in [6, 6.07) is 0. The molecule has 1 rings (SSSR count). The van der Waals surface area contributed by atoms with E-state index in [-0.39, 0.29) is 12.0 Å². The molecule has 0 bridgehead atoms. The van der Waals surface area contributed by atoms with Crippen molar-refractivity contribution in [2.75, 3.05) is 0 Å². The monoisotopic (exact) mass is 154 g/mol. The van der Waals surface area contributed by atoms with Crippen molar-refractivity contribution in [2.24, 2.45) is 0 Å². The van der Waals surface area contributed by atoms with E-state index in [1.807, 2.05) is 0 Å². The van der Waals surface area contributed by atoms with Crippen LogP contribution in [0.25, 0.3) is 0 Å². The molecule has 0 aromatic heterocycles. The Kier molecular flexibility index (Phi) is 1.76.